The maximum Gasteiger partial charge on any atom is 0.321 e. The first-order valence-corrected chi connectivity index (χ1v) is 10.5. The highest BCUT2D eigenvalue weighted by Gasteiger charge is 2.17. The van der Waals surface area contributed by atoms with Gasteiger partial charge in [0.1, 0.15) is 12.4 Å². The normalized spacial score (nSPS) is 12.2. The topological polar surface area (TPSA) is 102 Å². The Bertz CT molecular complexity index is 944. The molecule has 0 unspecified atom stereocenters. The molecule has 2 aromatic carbocycles. The fourth-order valence-electron chi connectivity index (χ4n) is 2.38. The van der Waals surface area contributed by atoms with Crippen molar-refractivity contribution in [3.05, 3.63) is 59.9 Å². The second-order valence-electron chi connectivity index (χ2n) is 6.42. The first-order chi connectivity index (χ1) is 13.7. The molecule has 0 spiro atoms. The second-order valence-corrected chi connectivity index (χ2v) is 8.19. The van der Waals surface area contributed by atoms with Crippen LogP contribution in [0.3, 0.4) is 0 Å². The zero-order valence-corrected chi connectivity index (χ0v) is 17.0. The summed E-state index contributed by atoms with van der Waals surface area (Å²) in [5.74, 6) is -1.63. The van der Waals surface area contributed by atoms with Gasteiger partial charge in [-0.05, 0) is 54.3 Å². The zero-order chi connectivity index (χ0) is 21.4. The van der Waals surface area contributed by atoms with E-state index < -0.39 is 40.9 Å². The van der Waals surface area contributed by atoms with Crippen molar-refractivity contribution >= 4 is 27.6 Å². The van der Waals surface area contributed by atoms with Crippen molar-refractivity contribution < 1.29 is 27.1 Å². The number of ether oxygens (including phenoxy) is 1. The Kier molecular flexibility index (Phi) is 7.86. The minimum absolute atomic E-state index is 0.190. The van der Waals surface area contributed by atoms with E-state index >= 15 is 0 Å². The Morgan fingerprint density at radius 1 is 1.07 bits per heavy atom. The van der Waals surface area contributed by atoms with Gasteiger partial charge in [0.2, 0.25) is 10.0 Å². The lowest BCUT2D eigenvalue weighted by Gasteiger charge is -2.11. The van der Waals surface area contributed by atoms with Crippen molar-refractivity contribution in [2.24, 2.45) is 0 Å². The van der Waals surface area contributed by atoms with Crippen LogP contribution in [0.1, 0.15) is 31.7 Å². The van der Waals surface area contributed by atoms with Gasteiger partial charge in [-0.15, -0.1) is 0 Å². The van der Waals surface area contributed by atoms with Gasteiger partial charge in [-0.2, -0.15) is 4.72 Å². The molecule has 0 fully saturated rings. The molecule has 0 saturated heterocycles. The third kappa shape index (κ3) is 6.95. The molecule has 9 heteroatoms. The second kappa shape index (κ2) is 10.1. The highest BCUT2D eigenvalue weighted by Crippen LogP contribution is 2.20. The van der Waals surface area contributed by atoms with E-state index in [1.54, 1.807) is 12.1 Å². The van der Waals surface area contributed by atoms with Crippen molar-refractivity contribution in [1.29, 1.82) is 0 Å². The highest BCUT2D eigenvalue weighted by atomic mass is 32.2. The van der Waals surface area contributed by atoms with E-state index in [-0.39, 0.29) is 4.90 Å². The van der Waals surface area contributed by atoms with E-state index in [9.17, 15) is 22.4 Å². The van der Waals surface area contributed by atoms with E-state index in [2.05, 4.69) is 19.2 Å². The average molecular weight is 422 g/mol. The SMILES string of the molecule is CC[C@H](C)c1ccc(NC(=O)COC(=O)CNS(=O)(=O)c2ccc(F)cc2)cc1. The lowest BCUT2D eigenvalue weighted by atomic mass is 9.99. The standard InChI is InChI=1S/C20H23FN2O5S/c1-3-14(2)15-4-8-17(9-5-15)23-19(24)13-28-20(25)12-22-29(26,27)18-10-6-16(21)7-11-18/h4-11,14,22H,3,12-13H2,1-2H3,(H,23,24)/t14-/m0/s1. The third-order valence-electron chi connectivity index (χ3n) is 4.27. The molecular formula is C20H23FN2O5S. The van der Waals surface area contributed by atoms with Crippen molar-refractivity contribution in [3.8, 4) is 0 Å². The van der Waals surface area contributed by atoms with Gasteiger partial charge in [0, 0.05) is 5.69 Å². The van der Waals surface area contributed by atoms with Crippen molar-refractivity contribution in [1.82, 2.24) is 4.72 Å². The lowest BCUT2D eigenvalue weighted by Crippen LogP contribution is -2.32. The number of hydrogen-bond acceptors (Lipinski definition) is 5. The van der Waals surface area contributed by atoms with E-state index in [0.29, 0.717) is 11.6 Å². The van der Waals surface area contributed by atoms with Crippen LogP contribution in [0.15, 0.2) is 53.4 Å². The fourth-order valence-corrected chi connectivity index (χ4v) is 3.34. The van der Waals surface area contributed by atoms with E-state index in [1.165, 1.54) is 0 Å². The summed E-state index contributed by atoms with van der Waals surface area (Å²) in [6.07, 6.45) is 1.01. The van der Waals surface area contributed by atoms with Crippen LogP contribution < -0.4 is 10.0 Å². The first-order valence-electron chi connectivity index (χ1n) is 9.02. The Morgan fingerprint density at radius 2 is 1.69 bits per heavy atom. The van der Waals surface area contributed by atoms with Crippen LogP contribution in [0.4, 0.5) is 10.1 Å². The molecule has 0 aliphatic heterocycles. The molecule has 2 rings (SSSR count). The highest BCUT2D eigenvalue weighted by molar-refractivity contribution is 7.89. The average Bonchev–Trinajstić information content (AvgIpc) is 2.71. The van der Waals surface area contributed by atoms with Crippen LogP contribution in [0, 0.1) is 5.82 Å². The number of benzene rings is 2. The number of sulfonamides is 1. The summed E-state index contributed by atoms with van der Waals surface area (Å²) < 4.78 is 43.7. The van der Waals surface area contributed by atoms with Crippen LogP contribution >= 0.6 is 0 Å². The van der Waals surface area contributed by atoms with Crippen molar-refractivity contribution in [2.45, 2.75) is 31.1 Å². The predicted octanol–water partition coefficient (Wildman–Crippen LogP) is 2.80. The van der Waals surface area contributed by atoms with Crippen LogP contribution in [0.25, 0.3) is 0 Å². The maximum atomic E-state index is 12.9. The summed E-state index contributed by atoms with van der Waals surface area (Å²) in [6, 6.07) is 11.5. The van der Waals surface area contributed by atoms with Gasteiger partial charge in [0.15, 0.2) is 6.61 Å². The Labute approximate surface area is 169 Å². The van der Waals surface area contributed by atoms with Crippen molar-refractivity contribution in [3.63, 3.8) is 0 Å². The molecule has 0 saturated carbocycles. The van der Waals surface area contributed by atoms with E-state index in [0.717, 1.165) is 36.2 Å². The summed E-state index contributed by atoms with van der Waals surface area (Å²) in [5.41, 5.74) is 1.72. The van der Waals surface area contributed by atoms with Gasteiger partial charge in [0.05, 0.1) is 4.90 Å². The van der Waals surface area contributed by atoms with Gasteiger partial charge < -0.3 is 10.1 Å². The van der Waals surface area contributed by atoms with Gasteiger partial charge >= 0.3 is 5.97 Å². The molecule has 2 aromatic rings. The Balaban J connectivity index is 1.78. The van der Waals surface area contributed by atoms with Crippen LogP contribution in [-0.2, 0) is 24.3 Å². The minimum Gasteiger partial charge on any atom is -0.455 e. The molecule has 1 amide bonds. The van der Waals surface area contributed by atoms with Crippen LogP contribution in [-0.4, -0.2) is 33.4 Å². The summed E-state index contributed by atoms with van der Waals surface area (Å²) in [5, 5.41) is 2.59. The number of esters is 1. The summed E-state index contributed by atoms with van der Waals surface area (Å²) >= 11 is 0. The van der Waals surface area contributed by atoms with Gasteiger partial charge in [-0.25, -0.2) is 12.8 Å². The molecule has 0 heterocycles. The smallest absolute Gasteiger partial charge is 0.321 e. The molecule has 7 nitrogen and oxygen atoms in total. The monoisotopic (exact) mass is 422 g/mol. The maximum absolute atomic E-state index is 12.9. The van der Waals surface area contributed by atoms with Gasteiger partial charge in [-0.3, -0.25) is 9.59 Å². The number of hydrogen-bond donors (Lipinski definition) is 2. The Hall–Kier alpha value is -2.78. The van der Waals surface area contributed by atoms with Crippen molar-refractivity contribution in [2.75, 3.05) is 18.5 Å². The summed E-state index contributed by atoms with van der Waals surface area (Å²) in [7, 11) is -3.99. The molecule has 156 valence electrons. The molecule has 1 atom stereocenters. The van der Waals surface area contributed by atoms with Gasteiger partial charge in [0.25, 0.3) is 5.91 Å². The van der Waals surface area contributed by atoms with E-state index in [4.69, 9.17) is 4.74 Å². The molecule has 0 bridgehead atoms. The molecule has 0 aliphatic carbocycles. The van der Waals surface area contributed by atoms with Crippen LogP contribution in [0.2, 0.25) is 0 Å². The number of amides is 1. The molecular weight excluding hydrogens is 399 g/mol. The zero-order valence-electron chi connectivity index (χ0n) is 16.1. The van der Waals surface area contributed by atoms with E-state index in [1.807, 2.05) is 16.9 Å². The Morgan fingerprint density at radius 3 is 2.28 bits per heavy atom. The van der Waals surface area contributed by atoms with Crippen LogP contribution in [0.5, 0.6) is 0 Å². The molecule has 0 aliphatic rings. The number of carbonyl (C=O) groups excluding carboxylic acids is 2. The number of halogens is 1. The third-order valence-corrected chi connectivity index (χ3v) is 5.69. The lowest BCUT2D eigenvalue weighted by molar-refractivity contribution is -0.146. The quantitative estimate of drug-likeness (QED) is 0.605. The molecule has 0 radical (unpaired) electrons. The molecule has 0 aromatic heterocycles. The summed E-state index contributed by atoms with van der Waals surface area (Å²) in [6.45, 7) is 2.99. The fraction of sp³-hybridized carbons (Fsp3) is 0.300. The predicted molar refractivity (Wildman–Crippen MR) is 106 cm³/mol. The number of anilines is 1. The van der Waals surface area contributed by atoms with Gasteiger partial charge in [-0.1, -0.05) is 26.0 Å². The summed E-state index contributed by atoms with van der Waals surface area (Å²) in [4.78, 5) is 23.4. The molecule has 29 heavy (non-hydrogen) atoms. The number of nitrogens with one attached hydrogen (secondary N) is 2. The minimum atomic E-state index is -3.99. The number of rotatable bonds is 9. The first kappa shape index (κ1) is 22.5. The number of carbonyl (C=O) groups is 2. The molecule has 2 N–H and O–H groups in total. The largest absolute Gasteiger partial charge is 0.455 e.